The standard InChI is InChI=1S/C20H21N3O4/c1-3-27-17-9-8-13(10-18(17)26-2)20(25)23-22-19(24)11-14-12-21-16-7-5-4-6-15(14)16/h4-10,12,21H,3,11H2,1-2H3,(H,22,24)(H,23,25). The molecule has 0 saturated carbocycles. The summed E-state index contributed by atoms with van der Waals surface area (Å²) in [4.78, 5) is 27.6. The number of para-hydroxylation sites is 1. The first kappa shape index (κ1) is 18.3. The molecule has 2 aromatic carbocycles. The van der Waals surface area contributed by atoms with Crippen LogP contribution in [0.1, 0.15) is 22.8 Å². The van der Waals surface area contributed by atoms with Gasteiger partial charge >= 0.3 is 0 Å². The highest BCUT2D eigenvalue weighted by Crippen LogP contribution is 2.27. The van der Waals surface area contributed by atoms with Crippen LogP contribution in [0.15, 0.2) is 48.7 Å². The van der Waals surface area contributed by atoms with Crippen LogP contribution in [-0.4, -0.2) is 30.5 Å². The van der Waals surface area contributed by atoms with Crippen molar-refractivity contribution in [1.82, 2.24) is 15.8 Å². The van der Waals surface area contributed by atoms with E-state index in [0.717, 1.165) is 16.5 Å². The summed E-state index contributed by atoms with van der Waals surface area (Å²) in [7, 11) is 1.50. The smallest absolute Gasteiger partial charge is 0.269 e. The van der Waals surface area contributed by atoms with Gasteiger partial charge in [-0.1, -0.05) is 18.2 Å². The van der Waals surface area contributed by atoms with E-state index in [1.165, 1.54) is 7.11 Å². The van der Waals surface area contributed by atoms with Crippen LogP contribution < -0.4 is 20.3 Å². The van der Waals surface area contributed by atoms with Crippen LogP contribution in [0.5, 0.6) is 11.5 Å². The second kappa shape index (κ2) is 8.27. The largest absolute Gasteiger partial charge is 0.493 e. The minimum absolute atomic E-state index is 0.150. The summed E-state index contributed by atoms with van der Waals surface area (Å²) in [6, 6.07) is 12.6. The quantitative estimate of drug-likeness (QED) is 0.584. The molecule has 0 radical (unpaired) electrons. The molecule has 3 aromatic rings. The summed E-state index contributed by atoms with van der Waals surface area (Å²) in [5.74, 6) is 0.254. The summed E-state index contributed by atoms with van der Waals surface area (Å²) in [6.45, 7) is 2.36. The number of fused-ring (bicyclic) bond motifs is 1. The Balaban J connectivity index is 1.61. The zero-order chi connectivity index (χ0) is 19.2. The number of hydrogen-bond acceptors (Lipinski definition) is 4. The van der Waals surface area contributed by atoms with E-state index in [2.05, 4.69) is 15.8 Å². The van der Waals surface area contributed by atoms with Crippen molar-refractivity contribution in [1.29, 1.82) is 0 Å². The molecule has 0 saturated heterocycles. The number of nitrogens with one attached hydrogen (secondary N) is 3. The molecule has 0 atom stereocenters. The molecule has 0 aliphatic rings. The molecule has 0 aliphatic carbocycles. The summed E-state index contributed by atoms with van der Waals surface area (Å²) < 4.78 is 10.7. The Morgan fingerprint density at radius 2 is 1.89 bits per heavy atom. The van der Waals surface area contributed by atoms with Gasteiger partial charge in [-0.3, -0.25) is 20.4 Å². The first-order valence-corrected chi connectivity index (χ1v) is 8.57. The van der Waals surface area contributed by atoms with Gasteiger partial charge in [-0.05, 0) is 36.8 Å². The van der Waals surface area contributed by atoms with Crippen molar-refractivity contribution >= 4 is 22.7 Å². The third-order valence-corrected chi connectivity index (χ3v) is 4.07. The molecule has 1 aromatic heterocycles. The number of rotatable bonds is 6. The Kier molecular flexibility index (Phi) is 5.61. The predicted octanol–water partition coefficient (Wildman–Crippen LogP) is 2.58. The minimum Gasteiger partial charge on any atom is -0.493 e. The third kappa shape index (κ3) is 4.20. The van der Waals surface area contributed by atoms with Crippen molar-refractivity contribution in [3.63, 3.8) is 0 Å². The van der Waals surface area contributed by atoms with Gasteiger partial charge in [-0.15, -0.1) is 0 Å². The lowest BCUT2D eigenvalue weighted by atomic mass is 10.1. The van der Waals surface area contributed by atoms with Crippen molar-refractivity contribution < 1.29 is 19.1 Å². The molecule has 27 heavy (non-hydrogen) atoms. The van der Waals surface area contributed by atoms with Crippen LogP contribution in [0.4, 0.5) is 0 Å². The maximum absolute atomic E-state index is 12.3. The van der Waals surface area contributed by atoms with Crippen molar-refractivity contribution in [2.45, 2.75) is 13.3 Å². The Hall–Kier alpha value is -3.48. The Morgan fingerprint density at radius 3 is 2.67 bits per heavy atom. The molecule has 0 unspecified atom stereocenters. The van der Waals surface area contributed by atoms with E-state index >= 15 is 0 Å². The van der Waals surface area contributed by atoms with Crippen LogP contribution in [0.3, 0.4) is 0 Å². The van der Waals surface area contributed by atoms with Gasteiger partial charge in [0.2, 0.25) is 5.91 Å². The van der Waals surface area contributed by atoms with E-state index < -0.39 is 5.91 Å². The fraction of sp³-hybridized carbons (Fsp3) is 0.200. The second-order valence-electron chi connectivity index (χ2n) is 5.84. The molecule has 7 heteroatoms. The predicted molar refractivity (Wildman–Crippen MR) is 102 cm³/mol. The third-order valence-electron chi connectivity index (χ3n) is 4.07. The molecule has 3 rings (SSSR count). The SMILES string of the molecule is CCOc1ccc(C(=O)NNC(=O)Cc2c[nH]c3ccccc23)cc1OC. The summed E-state index contributed by atoms with van der Waals surface area (Å²) in [6.07, 6.45) is 1.94. The van der Waals surface area contributed by atoms with E-state index in [1.54, 1.807) is 24.4 Å². The number of carbonyl (C=O) groups is 2. The number of hydrazine groups is 1. The van der Waals surface area contributed by atoms with Crippen molar-refractivity contribution in [2.75, 3.05) is 13.7 Å². The van der Waals surface area contributed by atoms with Crippen LogP contribution in [-0.2, 0) is 11.2 Å². The lowest BCUT2D eigenvalue weighted by molar-refractivity contribution is -0.121. The monoisotopic (exact) mass is 367 g/mol. The molecule has 1 heterocycles. The van der Waals surface area contributed by atoms with Gasteiger partial charge in [0.25, 0.3) is 5.91 Å². The number of ether oxygens (including phenoxy) is 2. The molecule has 7 nitrogen and oxygen atoms in total. The fourth-order valence-corrected chi connectivity index (χ4v) is 2.78. The molecule has 0 aliphatic heterocycles. The Morgan fingerprint density at radius 1 is 1.07 bits per heavy atom. The van der Waals surface area contributed by atoms with Crippen LogP contribution in [0.25, 0.3) is 10.9 Å². The molecule has 3 N–H and O–H groups in total. The van der Waals surface area contributed by atoms with E-state index in [-0.39, 0.29) is 12.3 Å². The summed E-state index contributed by atoms with van der Waals surface area (Å²) in [5, 5.41) is 0.982. The molecule has 2 amide bonds. The Labute approximate surface area is 156 Å². The summed E-state index contributed by atoms with van der Waals surface area (Å²) >= 11 is 0. The van der Waals surface area contributed by atoms with Crippen molar-refractivity contribution in [3.8, 4) is 11.5 Å². The van der Waals surface area contributed by atoms with Gasteiger partial charge in [0.1, 0.15) is 0 Å². The van der Waals surface area contributed by atoms with E-state index in [0.29, 0.717) is 23.7 Å². The average Bonchev–Trinajstić information content (AvgIpc) is 3.09. The number of aromatic nitrogens is 1. The van der Waals surface area contributed by atoms with Crippen LogP contribution in [0, 0.1) is 0 Å². The van der Waals surface area contributed by atoms with Gasteiger partial charge in [-0.25, -0.2) is 0 Å². The van der Waals surface area contributed by atoms with Gasteiger partial charge in [0, 0.05) is 22.7 Å². The highest BCUT2D eigenvalue weighted by Gasteiger charge is 2.13. The highest BCUT2D eigenvalue weighted by molar-refractivity contribution is 5.96. The van der Waals surface area contributed by atoms with Gasteiger partial charge in [-0.2, -0.15) is 0 Å². The van der Waals surface area contributed by atoms with Crippen molar-refractivity contribution in [3.05, 3.63) is 59.8 Å². The number of carbonyl (C=O) groups excluding carboxylic acids is 2. The number of hydrogen-bond donors (Lipinski definition) is 3. The van der Waals surface area contributed by atoms with E-state index in [1.807, 2.05) is 31.2 Å². The maximum Gasteiger partial charge on any atom is 0.269 e. The van der Waals surface area contributed by atoms with Crippen LogP contribution in [0.2, 0.25) is 0 Å². The minimum atomic E-state index is -0.441. The molecule has 0 fully saturated rings. The topological polar surface area (TPSA) is 92.5 Å². The lowest BCUT2D eigenvalue weighted by Crippen LogP contribution is -2.42. The molecular formula is C20H21N3O4. The number of amides is 2. The highest BCUT2D eigenvalue weighted by atomic mass is 16.5. The zero-order valence-corrected chi connectivity index (χ0v) is 15.2. The zero-order valence-electron chi connectivity index (χ0n) is 15.2. The Bertz CT molecular complexity index is 965. The van der Waals surface area contributed by atoms with Crippen molar-refractivity contribution in [2.24, 2.45) is 0 Å². The first-order chi connectivity index (χ1) is 13.1. The fourth-order valence-electron chi connectivity index (χ4n) is 2.78. The molecular weight excluding hydrogens is 346 g/mol. The second-order valence-corrected chi connectivity index (χ2v) is 5.84. The van der Waals surface area contributed by atoms with Gasteiger partial charge in [0.05, 0.1) is 20.1 Å². The number of benzene rings is 2. The van der Waals surface area contributed by atoms with Gasteiger partial charge < -0.3 is 14.5 Å². The number of aromatic amines is 1. The van der Waals surface area contributed by atoms with Gasteiger partial charge in [0.15, 0.2) is 11.5 Å². The number of methoxy groups -OCH3 is 1. The molecule has 140 valence electrons. The summed E-state index contributed by atoms with van der Waals surface area (Å²) in [5.41, 5.74) is 7.03. The average molecular weight is 367 g/mol. The normalized spacial score (nSPS) is 10.4. The van der Waals surface area contributed by atoms with Crippen LogP contribution >= 0.6 is 0 Å². The maximum atomic E-state index is 12.3. The molecule has 0 bridgehead atoms. The van der Waals surface area contributed by atoms with E-state index in [4.69, 9.17) is 9.47 Å². The molecule has 0 spiro atoms. The first-order valence-electron chi connectivity index (χ1n) is 8.57. The lowest BCUT2D eigenvalue weighted by Gasteiger charge is -2.11. The number of H-pyrrole nitrogens is 1. The van der Waals surface area contributed by atoms with E-state index in [9.17, 15) is 9.59 Å².